The predicted octanol–water partition coefficient (Wildman–Crippen LogP) is 6.22. The van der Waals surface area contributed by atoms with Crippen LogP contribution in [0.4, 0.5) is 18.9 Å². The number of amides is 2. The summed E-state index contributed by atoms with van der Waals surface area (Å²) in [5, 5.41) is 12.9. The van der Waals surface area contributed by atoms with Gasteiger partial charge in [-0.05, 0) is 67.8 Å². The Morgan fingerprint density at radius 2 is 1.68 bits per heavy atom. The Kier molecular flexibility index (Phi) is 11.4. The summed E-state index contributed by atoms with van der Waals surface area (Å²) < 4.78 is 42.0. The zero-order valence-electron chi connectivity index (χ0n) is 24.7. The van der Waals surface area contributed by atoms with Crippen LogP contribution >= 0.6 is 23.4 Å². The number of aliphatic hydroxyl groups is 1. The number of carbonyl (C=O) groups excluding carboxylic acids is 2. The molecule has 0 bridgehead atoms. The van der Waals surface area contributed by atoms with Crippen molar-refractivity contribution in [2.75, 3.05) is 50.4 Å². The lowest BCUT2D eigenvalue weighted by Crippen LogP contribution is -2.57. The van der Waals surface area contributed by atoms with E-state index in [-0.39, 0.29) is 24.9 Å². The first-order valence-corrected chi connectivity index (χ1v) is 16.1. The Bertz CT molecular complexity index is 1330. The van der Waals surface area contributed by atoms with Crippen LogP contribution in [0.1, 0.15) is 41.6 Å². The van der Waals surface area contributed by atoms with E-state index in [9.17, 15) is 27.9 Å². The van der Waals surface area contributed by atoms with Crippen molar-refractivity contribution in [3.8, 4) is 0 Å². The molecule has 2 heterocycles. The van der Waals surface area contributed by atoms with Crippen LogP contribution in [0.25, 0.3) is 0 Å². The first kappa shape index (κ1) is 33.9. The molecule has 238 valence electrons. The number of anilines is 1. The molecule has 2 aromatic rings. The van der Waals surface area contributed by atoms with Gasteiger partial charge in [0.25, 0.3) is 17.4 Å². The summed E-state index contributed by atoms with van der Waals surface area (Å²) in [5.41, 5.74) is -2.64. The van der Waals surface area contributed by atoms with Gasteiger partial charge in [-0.25, -0.2) is 0 Å². The van der Waals surface area contributed by atoms with Crippen LogP contribution < -0.4 is 4.90 Å². The van der Waals surface area contributed by atoms with E-state index in [1.165, 1.54) is 18.2 Å². The zero-order chi connectivity index (χ0) is 31.9. The van der Waals surface area contributed by atoms with Gasteiger partial charge >= 0.3 is 6.18 Å². The molecule has 2 aromatic carbocycles. The molecule has 0 saturated carbocycles. The van der Waals surface area contributed by atoms with Gasteiger partial charge in [-0.2, -0.15) is 13.2 Å². The van der Waals surface area contributed by atoms with Crippen molar-refractivity contribution in [1.82, 2.24) is 9.80 Å². The van der Waals surface area contributed by atoms with Crippen LogP contribution in [0.5, 0.6) is 0 Å². The fourth-order valence-electron chi connectivity index (χ4n) is 6.04. The second-order valence-corrected chi connectivity index (χ2v) is 12.7. The predicted molar refractivity (Wildman–Crippen MR) is 170 cm³/mol. The van der Waals surface area contributed by atoms with Crippen molar-refractivity contribution < 1.29 is 27.9 Å². The van der Waals surface area contributed by atoms with E-state index < -0.39 is 23.2 Å². The van der Waals surface area contributed by atoms with E-state index in [2.05, 4.69) is 16.6 Å². The third kappa shape index (κ3) is 7.61. The van der Waals surface area contributed by atoms with Gasteiger partial charge in [0.15, 0.2) is 0 Å². The van der Waals surface area contributed by atoms with E-state index in [1.54, 1.807) is 36.0 Å². The van der Waals surface area contributed by atoms with Gasteiger partial charge in [-0.1, -0.05) is 41.9 Å². The van der Waals surface area contributed by atoms with Crippen LogP contribution in [0, 0.1) is 11.8 Å². The number of aliphatic imine (C=N–C) groups is 1. The minimum atomic E-state index is -5.14. The third-order valence-electron chi connectivity index (χ3n) is 8.65. The maximum Gasteiger partial charge on any atom is 0.430 e. The maximum absolute atomic E-state index is 14.0. The quantitative estimate of drug-likeness (QED) is 0.244. The number of benzene rings is 2. The first-order chi connectivity index (χ1) is 21.0. The molecule has 2 saturated heterocycles. The van der Waals surface area contributed by atoms with E-state index in [0.29, 0.717) is 35.9 Å². The monoisotopic (exact) mass is 650 g/mol. The Morgan fingerprint density at radius 1 is 1.07 bits per heavy atom. The molecule has 2 aliphatic rings. The van der Waals surface area contributed by atoms with Gasteiger partial charge < -0.3 is 19.8 Å². The van der Waals surface area contributed by atoms with Crippen molar-refractivity contribution >= 4 is 47.6 Å². The second kappa shape index (κ2) is 14.8. The zero-order valence-corrected chi connectivity index (χ0v) is 26.3. The Hall–Kier alpha value is -3.02. The van der Waals surface area contributed by atoms with Crippen LogP contribution in [0.3, 0.4) is 0 Å². The largest absolute Gasteiger partial charge is 0.430 e. The fourth-order valence-corrected chi connectivity index (χ4v) is 6.99. The molecule has 7 nitrogen and oxygen atoms in total. The van der Waals surface area contributed by atoms with Crippen molar-refractivity contribution in [3.63, 3.8) is 0 Å². The number of hydrogen-bond acceptors (Lipinski definition) is 6. The fraction of sp³-hybridized carbons (Fsp3) is 0.469. The number of carbonyl (C=O) groups is 2. The lowest BCUT2D eigenvalue weighted by Gasteiger charge is -2.42. The number of rotatable bonds is 10. The topological polar surface area (TPSA) is 76.5 Å². The van der Waals surface area contributed by atoms with Gasteiger partial charge in [0.2, 0.25) is 0 Å². The molecule has 0 spiro atoms. The Balaban J connectivity index is 1.29. The SMILES string of the molecule is C=N/C=C\SCCN(C)C(=O)c1ccc(N2CCC(C3CCN(C(=O)[C@](O)(c4ccccc4)C(F)(F)F)CC3)CC2)cc1Cl. The van der Waals surface area contributed by atoms with Crippen molar-refractivity contribution in [1.29, 1.82) is 0 Å². The second-order valence-electron chi connectivity index (χ2n) is 11.3. The summed E-state index contributed by atoms with van der Waals surface area (Å²) >= 11 is 8.09. The van der Waals surface area contributed by atoms with Crippen molar-refractivity contribution in [2.24, 2.45) is 16.8 Å². The lowest BCUT2D eigenvalue weighted by molar-refractivity contribution is -0.262. The molecule has 44 heavy (non-hydrogen) atoms. The molecule has 1 atom stereocenters. The molecule has 0 unspecified atom stereocenters. The summed E-state index contributed by atoms with van der Waals surface area (Å²) in [4.78, 5) is 34.7. The van der Waals surface area contributed by atoms with Gasteiger partial charge in [-0.15, -0.1) is 11.8 Å². The molecule has 12 heteroatoms. The standard InChI is InChI=1S/C32H38ClF3N4O3S/c1-37-14-20-44-21-19-38(2)29(41)27-9-8-26(22-28(27)33)39-15-10-23(11-16-39)24-12-17-40(18-13-24)30(42)31(43,32(34,35)36)25-6-4-3-5-7-25/h3-9,14,20,22-24,43H,1,10-13,15-19,21H2,2H3/b20-14-/t31-/m1/s1. The van der Waals surface area contributed by atoms with E-state index in [1.807, 2.05) is 17.5 Å². The summed E-state index contributed by atoms with van der Waals surface area (Å²) in [7, 11) is 1.74. The number of piperidine rings is 2. The minimum absolute atomic E-state index is 0.144. The van der Waals surface area contributed by atoms with Crippen LogP contribution in [-0.4, -0.2) is 85.1 Å². The molecule has 2 aliphatic heterocycles. The highest BCUT2D eigenvalue weighted by atomic mass is 35.5. The summed E-state index contributed by atoms with van der Waals surface area (Å²) in [5.74, 6) is -0.0603. The van der Waals surface area contributed by atoms with E-state index in [0.717, 1.165) is 54.4 Å². The highest BCUT2D eigenvalue weighted by Crippen LogP contribution is 2.42. The molecule has 2 fully saturated rings. The van der Waals surface area contributed by atoms with Crippen LogP contribution in [0.2, 0.25) is 5.02 Å². The maximum atomic E-state index is 14.0. The minimum Gasteiger partial charge on any atom is -0.371 e. The van der Waals surface area contributed by atoms with Crippen molar-refractivity contribution in [2.45, 2.75) is 37.5 Å². The van der Waals surface area contributed by atoms with Gasteiger partial charge in [-0.3, -0.25) is 14.6 Å². The number of hydrogen-bond donors (Lipinski definition) is 1. The summed E-state index contributed by atoms with van der Waals surface area (Å²) in [6.45, 7) is 5.88. The smallest absolute Gasteiger partial charge is 0.371 e. The third-order valence-corrected chi connectivity index (χ3v) is 9.69. The Labute approximate surface area is 265 Å². The van der Waals surface area contributed by atoms with E-state index >= 15 is 0 Å². The molecular formula is C32H38ClF3N4O3S. The number of halogens is 4. The van der Waals surface area contributed by atoms with Gasteiger partial charge in [0.1, 0.15) is 0 Å². The molecule has 4 rings (SSSR count). The molecule has 0 radical (unpaired) electrons. The molecule has 0 aromatic heterocycles. The number of nitrogens with zero attached hydrogens (tertiary/aromatic N) is 4. The highest BCUT2D eigenvalue weighted by Gasteiger charge is 2.62. The van der Waals surface area contributed by atoms with Crippen LogP contribution in [0.15, 0.2) is 65.1 Å². The average molecular weight is 651 g/mol. The normalized spacial score (nSPS) is 18.3. The number of alkyl halides is 3. The number of thioether (sulfide) groups is 1. The Morgan fingerprint density at radius 3 is 2.25 bits per heavy atom. The highest BCUT2D eigenvalue weighted by molar-refractivity contribution is 8.02. The number of likely N-dealkylation sites (tertiary alicyclic amines) is 1. The summed E-state index contributed by atoms with van der Waals surface area (Å²) in [6.07, 6.45) is -0.539. The first-order valence-electron chi connectivity index (χ1n) is 14.6. The van der Waals surface area contributed by atoms with Gasteiger partial charge in [0.05, 0.1) is 10.6 Å². The molecule has 1 N–H and O–H groups in total. The molecule has 0 aliphatic carbocycles. The van der Waals surface area contributed by atoms with Crippen molar-refractivity contribution in [3.05, 3.63) is 76.3 Å². The lowest BCUT2D eigenvalue weighted by atomic mass is 9.78. The van der Waals surface area contributed by atoms with Gasteiger partial charge in [0, 0.05) is 63.0 Å². The molecule has 2 amide bonds. The van der Waals surface area contributed by atoms with Crippen LogP contribution in [-0.2, 0) is 10.4 Å². The summed E-state index contributed by atoms with van der Waals surface area (Å²) in [6, 6.07) is 12.1. The molecular weight excluding hydrogens is 613 g/mol. The average Bonchev–Trinajstić information content (AvgIpc) is 3.03. The van der Waals surface area contributed by atoms with E-state index in [4.69, 9.17) is 11.6 Å².